The Morgan fingerprint density at radius 3 is 0.943 bits per heavy atom. The smallest absolute Gasteiger partial charge is 0.306 e. The third-order valence-electron chi connectivity index (χ3n) is 13.9. The van der Waals surface area contributed by atoms with Gasteiger partial charge < -0.3 is 27.9 Å². The number of likely N-dealkylation sites (N-methyl/N-ethyl adjacent to an activating group) is 1. The SMILES string of the molecule is CC/C=C\C/C=C\C/C=C\C/C=C\C/C=C\C/C=C\C/C=C\C/C=C\CCCCCCCCCCCCCCCCCCC(=O)OC(COC(=O)CCC/C=C\C/C=C\C/C=C\C/C=C\C/C=C\C/C=C\C/C=C\CC)COP(=O)([O-])OCC[N+](C)(C)C. The molecule has 0 aliphatic heterocycles. The third kappa shape index (κ3) is 70.2. The van der Waals surface area contributed by atoms with Gasteiger partial charge in [0.1, 0.15) is 19.8 Å². The lowest BCUT2D eigenvalue weighted by molar-refractivity contribution is -0.870. The predicted molar refractivity (Wildman–Crippen MR) is 378 cm³/mol. The van der Waals surface area contributed by atoms with Gasteiger partial charge in [-0.15, -0.1) is 0 Å². The first kappa shape index (κ1) is 83.1. The summed E-state index contributed by atoms with van der Waals surface area (Å²) in [4.78, 5) is 38.0. The molecule has 2 atom stereocenters. The molecule has 0 spiro atoms. The van der Waals surface area contributed by atoms with Gasteiger partial charge in [-0.2, -0.15) is 0 Å². The van der Waals surface area contributed by atoms with Gasteiger partial charge in [-0.25, -0.2) is 0 Å². The third-order valence-corrected chi connectivity index (χ3v) is 14.9. The molecule has 0 aliphatic carbocycles. The van der Waals surface area contributed by atoms with Gasteiger partial charge >= 0.3 is 11.9 Å². The first-order valence-electron chi connectivity index (χ1n) is 34.5. The fourth-order valence-corrected chi connectivity index (χ4v) is 9.45. The van der Waals surface area contributed by atoms with Gasteiger partial charge in [0.05, 0.1) is 27.7 Å². The van der Waals surface area contributed by atoms with Crippen LogP contribution in [0.2, 0.25) is 0 Å². The Morgan fingerprint density at radius 2 is 0.625 bits per heavy atom. The average Bonchev–Trinajstić information content (AvgIpc) is 3.58. The van der Waals surface area contributed by atoms with E-state index in [0.717, 1.165) is 122 Å². The number of ether oxygens (including phenoxy) is 2. The Kier molecular flexibility index (Phi) is 62.8. The zero-order chi connectivity index (χ0) is 64.1. The molecule has 496 valence electrons. The number of phosphoric acid groups is 1. The number of rotatable bonds is 61. The molecule has 0 amide bonds. The van der Waals surface area contributed by atoms with E-state index in [0.29, 0.717) is 23.9 Å². The minimum atomic E-state index is -4.67. The summed E-state index contributed by atoms with van der Waals surface area (Å²) >= 11 is 0. The summed E-state index contributed by atoms with van der Waals surface area (Å²) in [7, 11) is 1.12. The second kappa shape index (κ2) is 66.5. The van der Waals surface area contributed by atoms with E-state index in [4.69, 9.17) is 18.5 Å². The van der Waals surface area contributed by atoms with Crippen LogP contribution in [-0.4, -0.2) is 70.0 Å². The number of allylic oxidation sites excluding steroid dienone is 30. The molecular formula is C78H126NO8P. The minimum Gasteiger partial charge on any atom is -0.756 e. The van der Waals surface area contributed by atoms with Crippen molar-refractivity contribution in [3.05, 3.63) is 182 Å². The van der Waals surface area contributed by atoms with Crippen LogP contribution in [0.5, 0.6) is 0 Å². The number of hydrogen-bond acceptors (Lipinski definition) is 8. The number of carbonyl (C=O) groups excluding carboxylic acids is 2. The Bertz CT molecular complexity index is 2140. The van der Waals surface area contributed by atoms with E-state index < -0.39 is 32.5 Å². The van der Waals surface area contributed by atoms with Crippen molar-refractivity contribution in [2.75, 3.05) is 47.5 Å². The molecule has 0 fully saturated rings. The summed E-state index contributed by atoms with van der Waals surface area (Å²) in [6, 6.07) is 0. The van der Waals surface area contributed by atoms with Crippen molar-refractivity contribution in [3.63, 3.8) is 0 Å². The van der Waals surface area contributed by atoms with Crippen molar-refractivity contribution in [2.24, 2.45) is 0 Å². The summed E-state index contributed by atoms with van der Waals surface area (Å²) in [5.41, 5.74) is 0. The predicted octanol–water partition coefficient (Wildman–Crippen LogP) is 22.1. The van der Waals surface area contributed by atoms with Crippen molar-refractivity contribution < 1.29 is 42.1 Å². The molecule has 0 N–H and O–H groups in total. The van der Waals surface area contributed by atoms with Crippen molar-refractivity contribution in [1.82, 2.24) is 0 Å². The highest BCUT2D eigenvalue weighted by atomic mass is 31.2. The van der Waals surface area contributed by atoms with Crippen LogP contribution in [0.15, 0.2) is 182 Å². The Hall–Kier alpha value is -4.89. The van der Waals surface area contributed by atoms with Crippen LogP contribution in [0.4, 0.5) is 0 Å². The van der Waals surface area contributed by atoms with E-state index in [1.807, 2.05) is 21.1 Å². The summed E-state index contributed by atoms with van der Waals surface area (Å²) in [6.07, 6.45) is 103. The normalized spacial score (nSPS) is 14.3. The number of hydrogen-bond donors (Lipinski definition) is 0. The van der Waals surface area contributed by atoms with E-state index in [9.17, 15) is 19.0 Å². The molecule has 0 saturated carbocycles. The first-order valence-corrected chi connectivity index (χ1v) is 36.0. The van der Waals surface area contributed by atoms with E-state index in [1.54, 1.807) is 0 Å². The molecule has 0 aromatic rings. The molecule has 0 bridgehead atoms. The van der Waals surface area contributed by atoms with Crippen LogP contribution in [0, 0.1) is 0 Å². The fourth-order valence-electron chi connectivity index (χ4n) is 8.72. The Morgan fingerprint density at radius 1 is 0.352 bits per heavy atom. The molecule has 2 unspecified atom stereocenters. The molecule has 0 radical (unpaired) electrons. The summed E-state index contributed by atoms with van der Waals surface area (Å²) in [6.45, 7) is 3.93. The van der Waals surface area contributed by atoms with Crippen LogP contribution in [0.1, 0.15) is 245 Å². The maximum atomic E-state index is 12.9. The topological polar surface area (TPSA) is 111 Å². The highest BCUT2D eigenvalue weighted by molar-refractivity contribution is 7.45. The highest BCUT2D eigenvalue weighted by Crippen LogP contribution is 2.38. The van der Waals surface area contributed by atoms with Gasteiger partial charge in [0.25, 0.3) is 7.82 Å². The molecule has 9 nitrogen and oxygen atoms in total. The zero-order valence-corrected chi connectivity index (χ0v) is 57.2. The molecule has 0 rings (SSSR count). The quantitative estimate of drug-likeness (QED) is 0.0195. The van der Waals surface area contributed by atoms with E-state index in [2.05, 4.69) is 196 Å². The lowest BCUT2D eigenvalue weighted by Crippen LogP contribution is -2.37. The molecule has 0 aliphatic rings. The average molecular weight is 1240 g/mol. The number of phosphoric ester groups is 1. The number of esters is 2. The molecule has 88 heavy (non-hydrogen) atoms. The number of nitrogens with zero attached hydrogens (tertiary/aromatic N) is 1. The van der Waals surface area contributed by atoms with Crippen LogP contribution in [0.25, 0.3) is 0 Å². The van der Waals surface area contributed by atoms with Crippen molar-refractivity contribution in [1.29, 1.82) is 0 Å². The summed E-state index contributed by atoms with van der Waals surface area (Å²) in [5.74, 6) is -0.912. The van der Waals surface area contributed by atoms with Crippen LogP contribution >= 0.6 is 7.82 Å². The van der Waals surface area contributed by atoms with Gasteiger partial charge in [-0.05, 0) is 128 Å². The number of carbonyl (C=O) groups is 2. The lowest BCUT2D eigenvalue weighted by Gasteiger charge is -2.28. The molecule has 0 saturated heterocycles. The van der Waals surface area contributed by atoms with Gasteiger partial charge in [0.2, 0.25) is 0 Å². The van der Waals surface area contributed by atoms with Gasteiger partial charge in [0, 0.05) is 12.8 Å². The Balaban J connectivity index is 4.11. The molecule has 0 aromatic heterocycles. The molecule has 0 aromatic carbocycles. The minimum absolute atomic E-state index is 0.0484. The van der Waals surface area contributed by atoms with Gasteiger partial charge in [-0.1, -0.05) is 286 Å². The van der Waals surface area contributed by atoms with E-state index in [1.165, 1.54) is 83.5 Å². The second-order valence-corrected chi connectivity index (χ2v) is 24.8. The fraction of sp³-hybridized carbons (Fsp3) is 0.590. The lowest BCUT2D eigenvalue weighted by atomic mass is 10.0. The molecule has 10 heteroatoms. The second-order valence-electron chi connectivity index (χ2n) is 23.4. The van der Waals surface area contributed by atoms with Crippen LogP contribution in [0.3, 0.4) is 0 Å². The van der Waals surface area contributed by atoms with Crippen molar-refractivity contribution in [2.45, 2.75) is 251 Å². The first-order chi connectivity index (χ1) is 43.0. The number of unbranched alkanes of at least 4 members (excludes halogenated alkanes) is 17. The summed E-state index contributed by atoms with van der Waals surface area (Å²) < 4.78 is 34.2. The number of quaternary nitrogens is 1. The van der Waals surface area contributed by atoms with Crippen LogP contribution < -0.4 is 4.89 Å². The maximum Gasteiger partial charge on any atom is 0.306 e. The van der Waals surface area contributed by atoms with Crippen molar-refractivity contribution in [3.8, 4) is 0 Å². The van der Waals surface area contributed by atoms with Crippen LogP contribution in [-0.2, 0) is 32.7 Å². The standard InChI is InChI=1S/C78H126NO8P/c1-6-8-10-12-14-16-18-20-22-24-26-28-30-31-32-33-34-35-36-37-38-39-40-41-42-43-44-45-46-47-49-51-53-55-57-59-61-63-65-67-69-71-78(81)87-76(75-86-88(82,83)85-73-72-79(3,4)5)74-84-77(80)70-68-66-64-62-60-58-56-54-52-50-48-29-27-25-23-21-19-17-15-13-11-9-7-2/h8-11,14-17,20-23,26-29,31-32,34-35,37-38,40-41,50,52,56,58,62,64,76H,6-7,12-13,18-19,24-25,30,33,36,39,42-49,51,53-55,57,59-61,63,65-75H2,1-5H3/b10-8-,11-9-,16-14-,17-15-,22-20-,23-21-,28-26-,29-27-,32-31-,35-34-,38-37-,41-40-,52-50-,58-56-,64-62-. The van der Waals surface area contributed by atoms with Crippen molar-refractivity contribution >= 4 is 19.8 Å². The molecular weight excluding hydrogens is 1110 g/mol. The van der Waals surface area contributed by atoms with Gasteiger partial charge in [0.15, 0.2) is 6.10 Å². The highest BCUT2D eigenvalue weighted by Gasteiger charge is 2.22. The maximum absolute atomic E-state index is 12.9. The van der Waals surface area contributed by atoms with E-state index >= 15 is 0 Å². The molecule has 0 heterocycles. The zero-order valence-electron chi connectivity index (χ0n) is 56.3. The largest absolute Gasteiger partial charge is 0.756 e. The Labute approximate surface area is 540 Å². The monoisotopic (exact) mass is 1240 g/mol. The van der Waals surface area contributed by atoms with E-state index in [-0.39, 0.29) is 26.1 Å². The summed E-state index contributed by atoms with van der Waals surface area (Å²) in [5, 5.41) is 0. The van der Waals surface area contributed by atoms with Gasteiger partial charge in [-0.3, -0.25) is 14.2 Å².